The van der Waals surface area contributed by atoms with Gasteiger partial charge in [0.25, 0.3) is 0 Å². The predicted molar refractivity (Wildman–Crippen MR) is 70.0 cm³/mol. The van der Waals surface area contributed by atoms with Crippen LogP contribution in [0.15, 0.2) is 30.3 Å². The first-order chi connectivity index (χ1) is 8.12. The van der Waals surface area contributed by atoms with E-state index in [2.05, 4.69) is 31.3 Å². The fourth-order valence-electron chi connectivity index (χ4n) is 2.82. The summed E-state index contributed by atoms with van der Waals surface area (Å²) in [6, 6.07) is 10.7. The van der Waals surface area contributed by atoms with Gasteiger partial charge in [-0.3, -0.25) is 4.79 Å². The molecule has 1 aromatic carbocycles. The number of Topliss-reactive ketones (excluding diaryl/α,β-unsaturated/α-hetero) is 1. The zero-order valence-corrected chi connectivity index (χ0v) is 10.7. The molecule has 1 N–H and O–H groups in total. The Morgan fingerprint density at radius 2 is 2.00 bits per heavy atom. The lowest BCUT2D eigenvalue weighted by atomic mass is 9.87. The molecule has 0 heterocycles. The summed E-state index contributed by atoms with van der Waals surface area (Å²) in [5, 5.41) is 3.50. The van der Waals surface area contributed by atoms with Gasteiger partial charge in [0.05, 0.1) is 5.54 Å². The standard InChI is InChI=1S/C15H21NO/c1-12(2)16-15(10-6-9-14(15)17)11-13-7-4-3-5-8-13/h3-5,7-8,12,16H,6,9-11H2,1-2H3. The van der Waals surface area contributed by atoms with Crippen LogP contribution < -0.4 is 5.32 Å². The third kappa shape index (κ3) is 2.75. The van der Waals surface area contributed by atoms with Gasteiger partial charge in [0.1, 0.15) is 0 Å². The van der Waals surface area contributed by atoms with Crippen molar-refractivity contribution in [3.8, 4) is 0 Å². The molecule has 1 unspecified atom stereocenters. The number of carbonyl (C=O) groups excluding carboxylic acids is 1. The highest BCUT2D eigenvalue weighted by Gasteiger charge is 2.41. The van der Waals surface area contributed by atoms with Crippen molar-refractivity contribution in [2.75, 3.05) is 0 Å². The van der Waals surface area contributed by atoms with E-state index in [1.807, 2.05) is 18.2 Å². The van der Waals surface area contributed by atoms with Gasteiger partial charge in [-0.05, 0) is 38.7 Å². The molecular formula is C15H21NO. The summed E-state index contributed by atoms with van der Waals surface area (Å²) in [6.07, 6.45) is 3.54. The molecule has 0 amide bonds. The van der Waals surface area contributed by atoms with Crippen LogP contribution >= 0.6 is 0 Å². The fraction of sp³-hybridized carbons (Fsp3) is 0.533. The van der Waals surface area contributed by atoms with E-state index in [-0.39, 0.29) is 5.54 Å². The van der Waals surface area contributed by atoms with E-state index in [4.69, 9.17) is 0 Å². The topological polar surface area (TPSA) is 29.1 Å². The Labute approximate surface area is 103 Å². The lowest BCUT2D eigenvalue weighted by Crippen LogP contribution is -2.53. The maximum absolute atomic E-state index is 12.2. The molecule has 1 saturated carbocycles. The Bertz CT molecular complexity index is 385. The van der Waals surface area contributed by atoms with Crippen LogP contribution in [0.5, 0.6) is 0 Å². The molecule has 0 bridgehead atoms. The number of benzene rings is 1. The highest BCUT2D eigenvalue weighted by atomic mass is 16.1. The smallest absolute Gasteiger partial charge is 0.153 e. The summed E-state index contributed by atoms with van der Waals surface area (Å²) < 4.78 is 0. The van der Waals surface area contributed by atoms with E-state index < -0.39 is 0 Å². The number of carbonyl (C=O) groups is 1. The summed E-state index contributed by atoms with van der Waals surface area (Å²) in [5.74, 6) is 0.384. The van der Waals surface area contributed by atoms with Crippen LogP contribution in [0.4, 0.5) is 0 Å². The molecule has 0 saturated heterocycles. The third-order valence-electron chi connectivity index (χ3n) is 3.45. The maximum atomic E-state index is 12.2. The summed E-state index contributed by atoms with van der Waals surface area (Å²) >= 11 is 0. The molecule has 17 heavy (non-hydrogen) atoms. The molecule has 1 fully saturated rings. The molecule has 2 heteroatoms. The molecule has 1 aliphatic rings. The first-order valence-corrected chi connectivity index (χ1v) is 6.47. The zero-order chi connectivity index (χ0) is 12.3. The van der Waals surface area contributed by atoms with Crippen molar-refractivity contribution >= 4 is 5.78 Å². The first-order valence-electron chi connectivity index (χ1n) is 6.47. The summed E-state index contributed by atoms with van der Waals surface area (Å²) in [6.45, 7) is 4.22. The molecule has 1 aromatic rings. The minimum absolute atomic E-state index is 0.310. The number of rotatable bonds is 4. The molecule has 1 aliphatic carbocycles. The molecule has 2 rings (SSSR count). The van der Waals surface area contributed by atoms with Crippen LogP contribution in [0.1, 0.15) is 38.7 Å². The van der Waals surface area contributed by atoms with Crippen molar-refractivity contribution in [3.05, 3.63) is 35.9 Å². The van der Waals surface area contributed by atoms with Crippen LogP contribution in [0.3, 0.4) is 0 Å². The monoisotopic (exact) mass is 231 g/mol. The fourth-order valence-corrected chi connectivity index (χ4v) is 2.82. The number of nitrogens with one attached hydrogen (secondary N) is 1. The summed E-state index contributed by atoms with van der Waals surface area (Å²) in [5.41, 5.74) is 0.936. The van der Waals surface area contributed by atoms with Crippen molar-refractivity contribution in [2.45, 2.75) is 51.1 Å². The largest absolute Gasteiger partial charge is 0.302 e. The highest BCUT2D eigenvalue weighted by Crippen LogP contribution is 2.30. The highest BCUT2D eigenvalue weighted by molar-refractivity contribution is 5.90. The molecule has 0 radical (unpaired) electrons. The van der Waals surface area contributed by atoms with Gasteiger partial charge in [0.15, 0.2) is 5.78 Å². The van der Waals surface area contributed by atoms with Gasteiger partial charge >= 0.3 is 0 Å². The molecule has 0 aromatic heterocycles. The number of hydrogen-bond donors (Lipinski definition) is 1. The van der Waals surface area contributed by atoms with Gasteiger partial charge in [0.2, 0.25) is 0 Å². The summed E-state index contributed by atoms with van der Waals surface area (Å²) in [7, 11) is 0. The Morgan fingerprint density at radius 1 is 1.29 bits per heavy atom. The van der Waals surface area contributed by atoms with E-state index in [1.165, 1.54) is 5.56 Å². The van der Waals surface area contributed by atoms with E-state index in [9.17, 15) is 4.79 Å². The minimum atomic E-state index is -0.310. The van der Waals surface area contributed by atoms with Gasteiger partial charge in [-0.2, -0.15) is 0 Å². The Kier molecular flexibility index (Phi) is 3.63. The average Bonchev–Trinajstić information content (AvgIpc) is 2.61. The van der Waals surface area contributed by atoms with E-state index >= 15 is 0 Å². The van der Waals surface area contributed by atoms with Gasteiger partial charge in [0, 0.05) is 12.5 Å². The van der Waals surface area contributed by atoms with Crippen molar-refractivity contribution in [1.82, 2.24) is 5.32 Å². The Balaban J connectivity index is 2.19. The van der Waals surface area contributed by atoms with E-state index in [0.29, 0.717) is 11.8 Å². The normalized spacial score (nSPS) is 24.5. The van der Waals surface area contributed by atoms with Crippen molar-refractivity contribution in [2.24, 2.45) is 0 Å². The number of hydrogen-bond acceptors (Lipinski definition) is 2. The SMILES string of the molecule is CC(C)NC1(Cc2ccccc2)CCCC1=O. The van der Waals surface area contributed by atoms with Crippen molar-refractivity contribution in [3.63, 3.8) is 0 Å². The van der Waals surface area contributed by atoms with Crippen molar-refractivity contribution in [1.29, 1.82) is 0 Å². The van der Waals surface area contributed by atoms with Gasteiger partial charge in [-0.25, -0.2) is 0 Å². The molecule has 92 valence electrons. The molecule has 1 atom stereocenters. The lowest BCUT2D eigenvalue weighted by molar-refractivity contribution is -0.123. The second kappa shape index (κ2) is 5.01. The zero-order valence-electron chi connectivity index (χ0n) is 10.7. The molecule has 0 spiro atoms. The molecular weight excluding hydrogens is 210 g/mol. The van der Waals surface area contributed by atoms with Gasteiger partial charge in [-0.1, -0.05) is 30.3 Å². The Hall–Kier alpha value is -1.15. The second-order valence-corrected chi connectivity index (χ2v) is 5.32. The second-order valence-electron chi connectivity index (χ2n) is 5.32. The van der Waals surface area contributed by atoms with E-state index in [0.717, 1.165) is 25.7 Å². The van der Waals surface area contributed by atoms with Crippen molar-refractivity contribution < 1.29 is 4.79 Å². The van der Waals surface area contributed by atoms with Gasteiger partial charge in [-0.15, -0.1) is 0 Å². The van der Waals surface area contributed by atoms with Gasteiger partial charge < -0.3 is 5.32 Å². The Morgan fingerprint density at radius 3 is 2.53 bits per heavy atom. The first kappa shape index (κ1) is 12.3. The van der Waals surface area contributed by atoms with Crippen LogP contribution in [0.25, 0.3) is 0 Å². The average molecular weight is 231 g/mol. The van der Waals surface area contributed by atoms with E-state index in [1.54, 1.807) is 0 Å². The third-order valence-corrected chi connectivity index (χ3v) is 3.45. The van der Waals surface area contributed by atoms with Crippen LogP contribution in [0.2, 0.25) is 0 Å². The molecule has 0 aliphatic heterocycles. The maximum Gasteiger partial charge on any atom is 0.153 e. The lowest BCUT2D eigenvalue weighted by Gasteiger charge is -2.31. The van der Waals surface area contributed by atoms with Crippen LogP contribution in [0, 0.1) is 0 Å². The quantitative estimate of drug-likeness (QED) is 0.863. The minimum Gasteiger partial charge on any atom is -0.302 e. The molecule has 2 nitrogen and oxygen atoms in total. The predicted octanol–water partition coefficient (Wildman–Crippen LogP) is 2.72. The van der Waals surface area contributed by atoms with Crippen LogP contribution in [-0.4, -0.2) is 17.4 Å². The summed E-state index contributed by atoms with van der Waals surface area (Å²) in [4.78, 5) is 12.2. The van der Waals surface area contributed by atoms with Crippen LogP contribution in [-0.2, 0) is 11.2 Å². The number of ketones is 1.